The molecule has 1 atom stereocenters. The fourth-order valence-electron chi connectivity index (χ4n) is 2.00. The predicted octanol–water partition coefficient (Wildman–Crippen LogP) is 3.87. The molecule has 0 aliphatic carbocycles. The van der Waals surface area contributed by atoms with E-state index in [1.165, 1.54) is 24.5 Å². The number of benzene rings is 1. The molecular weight excluding hydrogens is 287 g/mol. The molecule has 0 saturated carbocycles. The number of hydrogen-bond acceptors (Lipinski definition) is 3. The molecule has 1 unspecified atom stereocenters. The van der Waals surface area contributed by atoms with Crippen molar-refractivity contribution in [2.75, 3.05) is 13.7 Å². The van der Waals surface area contributed by atoms with Gasteiger partial charge in [-0.05, 0) is 24.1 Å². The molecule has 0 radical (unpaired) electrons. The highest BCUT2D eigenvalue weighted by molar-refractivity contribution is 7.10. The zero-order valence-corrected chi connectivity index (χ0v) is 11.9. The molecule has 1 aromatic heterocycles. The second-order valence-corrected chi connectivity index (χ2v) is 5.06. The third-order valence-electron chi connectivity index (χ3n) is 2.92. The molecule has 1 N–H and O–H groups in total. The van der Waals surface area contributed by atoms with E-state index in [9.17, 15) is 13.2 Å². The summed E-state index contributed by atoms with van der Waals surface area (Å²) < 4.78 is 45.6. The Morgan fingerprint density at radius 1 is 1.20 bits per heavy atom. The molecule has 20 heavy (non-hydrogen) atoms. The van der Waals surface area contributed by atoms with Gasteiger partial charge in [-0.25, -0.2) is 13.2 Å². The van der Waals surface area contributed by atoms with E-state index in [2.05, 4.69) is 5.32 Å². The highest BCUT2D eigenvalue weighted by Crippen LogP contribution is 2.36. The predicted molar refractivity (Wildman–Crippen MR) is 72.7 cm³/mol. The van der Waals surface area contributed by atoms with Gasteiger partial charge in [0.1, 0.15) is 5.75 Å². The molecule has 1 aromatic carbocycles. The van der Waals surface area contributed by atoms with E-state index in [1.807, 2.05) is 6.92 Å². The van der Waals surface area contributed by atoms with Crippen molar-refractivity contribution in [2.45, 2.75) is 13.0 Å². The lowest BCUT2D eigenvalue weighted by Gasteiger charge is -2.19. The minimum Gasteiger partial charge on any atom is -0.496 e. The number of hydrogen-bond donors (Lipinski definition) is 1. The standard InChI is InChI=1S/C14H14F3NOS/c1-3-18-13(14-10(19-2)6-7-20-14)8-4-5-9(15)12(17)11(8)16/h4-7,13,18H,3H2,1-2H3. The molecule has 0 amide bonds. The van der Waals surface area contributed by atoms with Crippen molar-refractivity contribution in [1.29, 1.82) is 0 Å². The summed E-state index contributed by atoms with van der Waals surface area (Å²) >= 11 is 1.37. The third-order valence-corrected chi connectivity index (χ3v) is 3.89. The maximum Gasteiger partial charge on any atom is 0.194 e. The van der Waals surface area contributed by atoms with Gasteiger partial charge in [-0.2, -0.15) is 0 Å². The summed E-state index contributed by atoms with van der Waals surface area (Å²) in [4.78, 5) is 0.722. The van der Waals surface area contributed by atoms with E-state index in [4.69, 9.17) is 4.74 Å². The van der Waals surface area contributed by atoms with Crippen LogP contribution in [0.25, 0.3) is 0 Å². The average Bonchev–Trinajstić information content (AvgIpc) is 2.91. The van der Waals surface area contributed by atoms with E-state index < -0.39 is 23.5 Å². The summed E-state index contributed by atoms with van der Waals surface area (Å²) in [5, 5.41) is 4.87. The quantitative estimate of drug-likeness (QED) is 0.846. The number of ether oxygens (including phenoxy) is 1. The lowest BCUT2D eigenvalue weighted by Crippen LogP contribution is -2.23. The molecule has 0 aliphatic rings. The fraction of sp³-hybridized carbons (Fsp3) is 0.286. The number of thiophene rings is 1. The first-order chi connectivity index (χ1) is 9.60. The Morgan fingerprint density at radius 2 is 1.95 bits per heavy atom. The van der Waals surface area contributed by atoms with Crippen molar-refractivity contribution in [3.63, 3.8) is 0 Å². The number of nitrogens with one attached hydrogen (secondary N) is 1. The van der Waals surface area contributed by atoms with Crippen LogP contribution in [0.3, 0.4) is 0 Å². The van der Waals surface area contributed by atoms with Gasteiger partial charge in [0.15, 0.2) is 17.5 Å². The molecule has 0 bridgehead atoms. The van der Waals surface area contributed by atoms with Crippen LogP contribution >= 0.6 is 11.3 Å². The average molecular weight is 301 g/mol. The SMILES string of the molecule is CCNC(c1ccc(F)c(F)c1F)c1sccc1OC. The smallest absolute Gasteiger partial charge is 0.194 e. The zero-order valence-electron chi connectivity index (χ0n) is 11.0. The molecule has 0 spiro atoms. The monoisotopic (exact) mass is 301 g/mol. The van der Waals surface area contributed by atoms with Crippen molar-refractivity contribution >= 4 is 11.3 Å². The van der Waals surface area contributed by atoms with E-state index in [1.54, 1.807) is 11.4 Å². The van der Waals surface area contributed by atoms with Gasteiger partial charge in [0.25, 0.3) is 0 Å². The minimum absolute atomic E-state index is 0.0616. The lowest BCUT2D eigenvalue weighted by molar-refractivity contribution is 0.404. The van der Waals surface area contributed by atoms with Gasteiger partial charge in [-0.1, -0.05) is 13.0 Å². The maximum atomic E-state index is 14.0. The molecule has 0 aliphatic heterocycles. The Hall–Kier alpha value is -1.53. The zero-order chi connectivity index (χ0) is 14.7. The highest BCUT2D eigenvalue weighted by atomic mass is 32.1. The first-order valence-corrected chi connectivity index (χ1v) is 6.96. The molecule has 108 valence electrons. The van der Waals surface area contributed by atoms with Crippen LogP contribution in [0.4, 0.5) is 13.2 Å². The Bertz CT molecular complexity index is 600. The second kappa shape index (κ2) is 6.28. The van der Waals surface area contributed by atoms with Gasteiger partial charge in [0.2, 0.25) is 0 Å². The molecule has 2 nitrogen and oxygen atoms in total. The summed E-state index contributed by atoms with van der Waals surface area (Å²) in [5.41, 5.74) is 0.0616. The number of methoxy groups -OCH3 is 1. The largest absolute Gasteiger partial charge is 0.496 e. The van der Waals surface area contributed by atoms with Crippen LogP contribution in [0, 0.1) is 17.5 Å². The topological polar surface area (TPSA) is 21.3 Å². The van der Waals surface area contributed by atoms with Crippen molar-refractivity contribution in [2.24, 2.45) is 0 Å². The van der Waals surface area contributed by atoms with Gasteiger partial charge >= 0.3 is 0 Å². The minimum atomic E-state index is -1.46. The molecular formula is C14H14F3NOS. The van der Waals surface area contributed by atoms with Crippen LogP contribution in [0.15, 0.2) is 23.6 Å². The van der Waals surface area contributed by atoms with Crippen LogP contribution in [-0.2, 0) is 0 Å². The lowest BCUT2D eigenvalue weighted by atomic mass is 10.0. The fourth-order valence-corrected chi connectivity index (χ4v) is 2.95. The van der Waals surface area contributed by atoms with Crippen molar-refractivity contribution < 1.29 is 17.9 Å². The number of halogens is 3. The summed E-state index contributed by atoms with van der Waals surface area (Å²) in [6.07, 6.45) is 0. The maximum absolute atomic E-state index is 14.0. The van der Waals surface area contributed by atoms with Gasteiger partial charge in [-0.3, -0.25) is 0 Å². The summed E-state index contributed by atoms with van der Waals surface area (Å²) in [7, 11) is 1.51. The second-order valence-electron chi connectivity index (χ2n) is 4.11. The Kier molecular flexibility index (Phi) is 4.67. The van der Waals surface area contributed by atoms with Crippen LogP contribution < -0.4 is 10.1 Å². The van der Waals surface area contributed by atoms with E-state index in [0.717, 1.165) is 10.9 Å². The first-order valence-electron chi connectivity index (χ1n) is 6.08. The van der Waals surface area contributed by atoms with Crippen molar-refractivity contribution in [1.82, 2.24) is 5.32 Å². The molecule has 6 heteroatoms. The molecule has 0 fully saturated rings. The van der Waals surface area contributed by atoms with E-state index in [-0.39, 0.29) is 5.56 Å². The summed E-state index contributed by atoms with van der Waals surface area (Å²) in [6.45, 7) is 2.40. The Balaban J connectivity index is 2.52. The molecule has 0 saturated heterocycles. The van der Waals surface area contributed by atoms with Gasteiger partial charge in [0.05, 0.1) is 18.0 Å². The van der Waals surface area contributed by atoms with Crippen molar-refractivity contribution in [3.8, 4) is 5.75 Å². The molecule has 1 heterocycles. The van der Waals surface area contributed by atoms with Crippen LogP contribution in [0.1, 0.15) is 23.4 Å². The van der Waals surface area contributed by atoms with E-state index >= 15 is 0 Å². The van der Waals surface area contributed by atoms with Gasteiger partial charge < -0.3 is 10.1 Å². The Morgan fingerprint density at radius 3 is 2.60 bits per heavy atom. The van der Waals surface area contributed by atoms with Gasteiger partial charge in [0, 0.05) is 5.56 Å². The highest BCUT2D eigenvalue weighted by Gasteiger charge is 2.25. The normalized spacial score (nSPS) is 12.4. The first kappa shape index (κ1) is 14.9. The van der Waals surface area contributed by atoms with Crippen LogP contribution in [0.2, 0.25) is 0 Å². The number of rotatable bonds is 5. The summed E-state index contributed by atoms with van der Waals surface area (Å²) in [6, 6.07) is 3.35. The van der Waals surface area contributed by atoms with Crippen LogP contribution in [0.5, 0.6) is 5.75 Å². The Labute approximate surface area is 119 Å². The van der Waals surface area contributed by atoms with Crippen molar-refractivity contribution in [3.05, 3.63) is 51.5 Å². The van der Waals surface area contributed by atoms with Gasteiger partial charge in [-0.15, -0.1) is 11.3 Å². The molecule has 2 aromatic rings. The van der Waals surface area contributed by atoms with Crippen LogP contribution in [-0.4, -0.2) is 13.7 Å². The van der Waals surface area contributed by atoms with E-state index in [0.29, 0.717) is 12.3 Å². The third kappa shape index (κ3) is 2.66. The molecule has 2 rings (SSSR count). The summed E-state index contributed by atoms with van der Waals surface area (Å²) in [5.74, 6) is -3.24.